The summed E-state index contributed by atoms with van der Waals surface area (Å²) in [4.78, 5) is 27.1. The normalized spacial score (nSPS) is 15.0. The van der Waals surface area contributed by atoms with E-state index in [1.54, 1.807) is 9.80 Å². The summed E-state index contributed by atoms with van der Waals surface area (Å²) in [6.07, 6.45) is 1.26. The van der Waals surface area contributed by atoms with Crippen LogP contribution in [0.4, 0.5) is 0 Å². The molecule has 2 rings (SSSR count). The summed E-state index contributed by atoms with van der Waals surface area (Å²) < 4.78 is 0.547. The van der Waals surface area contributed by atoms with Crippen LogP contribution in [0.25, 0.3) is 0 Å². The summed E-state index contributed by atoms with van der Waals surface area (Å²) in [5, 5.41) is 10.2. The van der Waals surface area contributed by atoms with Crippen molar-refractivity contribution < 1.29 is 14.7 Å². The first-order valence-electron chi connectivity index (χ1n) is 6.32. The van der Waals surface area contributed by atoms with Crippen molar-refractivity contribution in [1.29, 1.82) is 0 Å². The molecule has 0 unspecified atom stereocenters. The van der Waals surface area contributed by atoms with Gasteiger partial charge in [0.25, 0.3) is 5.91 Å². The Hall–Kier alpha value is -1.53. The van der Waals surface area contributed by atoms with Crippen molar-refractivity contribution in [2.24, 2.45) is 0 Å². The number of carbonyl (C=O) groups is 2. The summed E-state index contributed by atoms with van der Waals surface area (Å²) in [5.74, 6) is -0.576. The second kappa shape index (κ2) is 6.49. The third-order valence-corrected chi connectivity index (χ3v) is 4.52. The molecule has 0 saturated carbocycles. The molecule has 0 spiro atoms. The Morgan fingerprint density at radius 3 is 2.38 bits per heavy atom. The average Bonchev–Trinajstić information content (AvgIpc) is 2.49. The van der Waals surface area contributed by atoms with Crippen LogP contribution in [0, 0.1) is 0 Å². The monoisotopic (exact) mass is 372 g/mol. The SMILES string of the molecule is C=CC(=O)N1CCN(C(=O)c2cc(Br)c(Cl)cc2O)CC1. The number of phenolic OH excluding ortho intramolecular Hbond substituents is 1. The van der Waals surface area contributed by atoms with Crippen molar-refractivity contribution in [3.05, 3.63) is 39.8 Å². The van der Waals surface area contributed by atoms with Crippen LogP contribution >= 0.6 is 27.5 Å². The highest BCUT2D eigenvalue weighted by Crippen LogP contribution is 2.31. The van der Waals surface area contributed by atoms with E-state index in [9.17, 15) is 14.7 Å². The second-order valence-corrected chi connectivity index (χ2v) is 5.87. The van der Waals surface area contributed by atoms with E-state index < -0.39 is 0 Å². The van der Waals surface area contributed by atoms with E-state index in [2.05, 4.69) is 22.5 Å². The summed E-state index contributed by atoms with van der Waals surface area (Å²) >= 11 is 9.09. The molecular weight excluding hydrogens is 360 g/mol. The minimum Gasteiger partial charge on any atom is -0.507 e. The number of piperazine rings is 1. The highest BCUT2D eigenvalue weighted by atomic mass is 79.9. The van der Waals surface area contributed by atoms with Crippen LogP contribution in [-0.2, 0) is 4.79 Å². The van der Waals surface area contributed by atoms with Gasteiger partial charge in [-0.3, -0.25) is 9.59 Å². The van der Waals surface area contributed by atoms with Gasteiger partial charge in [-0.25, -0.2) is 0 Å². The van der Waals surface area contributed by atoms with Gasteiger partial charge in [0.1, 0.15) is 5.75 Å². The zero-order chi connectivity index (χ0) is 15.6. The van der Waals surface area contributed by atoms with Gasteiger partial charge < -0.3 is 14.9 Å². The number of rotatable bonds is 2. The van der Waals surface area contributed by atoms with Gasteiger partial charge in [0.05, 0.1) is 10.6 Å². The number of hydrogen-bond donors (Lipinski definition) is 1. The summed E-state index contributed by atoms with van der Waals surface area (Å²) in [5.41, 5.74) is 0.190. The first-order valence-corrected chi connectivity index (χ1v) is 7.49. The van der Waals surface area contributed by atoms with E-state index in [0.717, 1.165) is 0 Å². The lowest BCUT2D eigenvalue weighted by Crippen LogP contribution is -2.50. The first kappa shape index (κ1) is 15.9. The maximum atomic E-state index is 12.4. The zero-order valence-corrected chi connectivity index (χ0v) is 13.5. The van der Waals surface area contributed by atoms with Gasteiger partial charge in [0.2, 0.25) is 5.91 Å². The van der Waals surface area contributed by atoms with E-state index in [1.165, 1.54) is 18.2 Å². The molecule has 0 aromatic heterocycles. The molecule has 1 aromatic rings. The molecule has 112 valence electrons. The minimum absolute atomic E-state index is 0.140. The smallest absolute Gasteiger partial charge is 0.257 e. The number of aromatic hydroxyl groups is 1. The van der Waals surface area contributed by atoms with Crippen molar-refractivity contribution in [2.45, 2.75) is 0 Å². The Balaban J connectivity index is 2.11. The molecule has 21 heavy (non-hydrogen) atoms. The maximum Gasteiger partial charge on any atom is 0.257 e. The average molecular weight is 374 g/mol. The van der Waals surface area contributed by atoms with E-state index in [0.29, 0.717) is 35.7 Å². The van der Waals surface area contributed by atoms with Crippen molar-refractivity contribution in [3.63, 3.8) is 0 Å². The highest BCUT2D eigenvalue weighted by molar-refractivity contribution is 9.10. The zero-order valence-electron chi connectivity index (χ0n) is 11.2. The maximum absolute atomic E-state index is 12.4. The molecule has 1 aliphatic rings. The summed E-state index contributed by atoms with van der Waals surface area (Å²) in [6.45, 7) is 5.18. The third kappa shape index (κ3) is 3.39. The van der Waals surface area contributed by atoms with Crippen LogP contribution in [0.3, 0.4) is 0 Å². The fraction of sp³-hybridized carbons (Fsp3) is 0.286. The lowest BCUT2D eigenvalue weighted by atomic mass is 10.1. The largest absolute Gasteiger partial charge is 0.507 e. The Morgan fingerprint density at radius 2 is 1.81 bits per heavy atom. The van der Waals surface area contributed by atoms with Gasteiger partial charge in [-0.15, -0.1) is 0 Å². The van der Waals surface area contributed by atoms with Crippen LogP contribution in [0.15, 0.2) is 29.3 Å². The van der Waals surface area contributed by atoms with E-state index in [1.807, 2.05) is 0 Å². The topological polar surface area (TPSA) is 60.9 Å². The fourth-order valence-electron chi connectivity index (χ4n) is 2.14. The molecule has 1 aliphatic heterocycles. The van der Waals surface area contributed by atoms with Crippen LogP contribution in [0.5, 0.6) is 5.75 Å². The number of amides is 2. The molecule has 0 atom stereocenters. The molecule has 1 N–H and O–H groups in total. The standard InChI is InChI=1S/C14H14BrClN2O3/c1-2-13(20)17-3-5-18(6-4-17)14(21)9-7-10(15)11(16)8-12(9)19/h2,7-8,19H,1,3-6H2. The van der Waals surface area contributed by atoms with Crippen LogP contribution < -0.4 is 0 Å². The molecule has 1 saturated heterocycles. The van der Waals surface area contributed by atoms with Gasteiger partial charge in [-0.05, 0) is 28.1 Å². The molecule has 0 bridgehead atoms. The van der Waals surface area contributed by atoms with Gasteiger partial charge in [-0.2, -0.15) is 0 Å². The number of hydrogen-bond acceptors (Lipinski definition) is 3. The summed E-state index contributed by atoms with van der Waals surface area (Å²) in [6, 6.07) is 2.83. The lowest BCUT2D eigenvalue weighted by Gasteiger charge is -2.34. The van der Waals surface area contributed by atoms with Crippen molar-refractivity contribution in [2.75, 3.05) is 26.2 Å². The predicted molar refractivity (Wildman–Crippen MR) is 83.5 cm³/mol. The highest BCUT2D eigenvalue weighted by Gasteiger charge is 2.25. The van der Waals surface area contributed by atoms with E-state index in [-0.39, 0.29) is 23.1 Å². The Labute approximate surface area is 135 Å². The van der Waals surface area contributed by atoms with Crippen molar-refractivity contribution in [1.82, 2.24) is 9.80 Å². The molecule has 1 heterocycles. The quantitative estimate of drug-likeness (QED) is 0.809. The molecule has 2 amide bonds. The van der Waals surface area contributed by atoms with Gasteiger partial charge >= 0.3 is 0 Å². The minimum atomic E-state index is -0.282. The summed E-state index contributed by atoms with van der Waals surface area (Å²) in [7, 11) is 0. The third-order valence-electron chi connectivity index (χ3n) is 3.32. The molecule has 0 radical (unpaired) electrons. The lowest BCUT2D eigenvalue weighted by molar-refractivity contribution is -0.127. The van der Waals surface area contributed by atoms with E-state index in [4.69, 9.17) is 11.6 Å². The van der Waals surface area contributed by atoms with Crippen molar-refractivity contribution in [3.8, 4) is 5.75 Å². The number of carbonyl (C=O) groups excluding carboxylic acids is 2. The molecule has 7 heteroatoms. The second-order valence-electron chi connectivity index (χ2n) is 4.61. The molecular formula is C14H14BrClN2O3. The van der Waals surface area contributed by atoms with Gasteiger partial charge in [0.15, 0.2) is 0 Å². The first-order chi connectivity index (χ1) is 9.93. The van der Waals surface area contributed by atoms with Crippen LogP contribution in [0.1, 0.15) is 10.4 Å². The Kier molecular flexibility index (Phi) is 4.90. The molecule has 5 nitrogen and oxygen atoms in total. The molecule has 1 aromatic carbocycles. The number of halogens is 2. The predicted octanol–water partition coefficient (Wildman–Crippen LogP) is 2.28. The fourth-order valence-corrected chi connectivity index (χ4v) is 2.64. The van der Waals surface area contributed by atoms with Crippen LogP contribution in [0.2, 0.25) is 5.02 Å². The Bertz CT molecular complexity index is 598. The Morgan fingerprint density at radius 1 is 1.24 bits per heavy atom. The van der Waals surface area contributed by atoms with E-state index >= 15 is 0 Å². The number of nitrogens with zero attached hydrogens (tertiary/aromatic N) is 2. The number of phenols is 1. The van der Waals surface area contributed by atoms with Gasteiger partial charge in [0, 0.05) is 36.7 Å². The van der Waals surface area contributed by atoms with Gasteiger partial charge in [-0.1, -0.05) is 18.2 Å². The number of benzene rings is 1. The van der Waals surface area contributed by atoms with Crippen molar-refractivity contribution >= 4 is 39.3 Å². The van der Waals surface area contributed by atoms with Crippen LogP contribution in [-0.4, -0.2) is 52.9 Å². The molecule has 0 aliphatic carbocycles. The molecule has 1 fully saturated rings.